The molecule has 0 saturated heterocycles. The van der Waals surface area contributed by atoms with Crippen LogP contribution in [0.25, 0.3) is 0 Å². The quantitative estimate of drug-likeness (QED) is 0.0257. The Morgan fingerprint density at radius 3 is 0.543 bits per heavy atom. The van der Waals surface area contributed by atoms with Gasteiger partial charge in [0.05, 0.1) is 60.1 Å². The molecule has 0 saturated carbocycles. The van der Waals surface area contributed by atoms with Crippen LogP contribution in [0.2, 0.25) is 0 Å². The van der Waals surface area contributed by atoms with Gasteiger partial charge in [-0.3, -0.25) is 0 Å². The number of unbranched alkanes of at least 4 members (excludes halogenated alkanes) is 13. The van der Waals surface area contributed by atoms with Crippen molar-refractivity contribution in [1.82, 2.24) is 0 Å². The lowest BCUT2D eigenvalue weighted by Crippen LogP contribution is -1.82. The van der Waals surface area contributed by atoms with Gasteiger partial charge in [0.15, 0.2) is 0 Å². The summed E-state index contributed by atoms with van der Waals surface area (Å²) in [6.07, 6.45) is 35.9. The van der Waals surface area contributed by atoms with E-state index in [0.29, 0.717) is 16.7 Å². The molecule has 0 spiro atoms. The molecule has 0 aliphatic rings. The Morgan fingerprint density at radius 2 is 0.413 bits per heavy atom. The summed E-state index contributed by atoms with van der Waals surface area (Å²) in [6.45, 7) is 155. The molecule has 0 amide bonds. The predicted molar refractivity (Wildman–Crippen MR) is 444 cm³/mol. The van der Waals surface area contributed by atoms with Crippen molar-refractivity contribution in [1.29, 1.82) is 0 Å². The first-order valence-electron chi connectivity index (χ1n) is 32.5. The summed E-state index contributed by atoms with van der Waals surface area (Å²) in [5, 5.41) is 0. The monoisotopic (exact) mass is 1260 g/mol. The van der Waals surface area contributed by atoms with Crippen molar-refractivity contribution in [3.8, 4) is 0 Å². The third-order valence-electron chi connectivity index (χ3n) is 9.42. The summed E-state index contributed by atoms with van der Waals surface area (Å²) in [7, 11) is 0. The van der Waals surface area contributed by atoms with Crippen molar-refractivity contribution >= 4 is 0 Å². The number of rotatable bonds is 35. The normalized spacial score (nSPS) is 8.42. The summed E-state index contributed by atoms with van der Waals surface area (Å²) in [4.78, 5) is 0. The lowest BCUT2D eigenvalue weighted by atomic mass is 10.0. The molecule has 0 aliphatic heterocycles. The molecule has 0 fully saturated rings. The Morgan fingerprint density at radius 1 is 0.217 bits per heavy atom. The molecule has 0 radical (unpaired) electrons. The Bertz CT molecular complexity index is 1540. The lowest BCUT2D eigenvalue weighted by Gasteiger charge is -2.01. The number of allylic oxidation sites excluding steroid dienone is 15. The molecule has 0 unspecified atom stereocenters. The van der Waals surface area contributed by atoms with Gasteiger partial charge in [-0.1, -0.05) is 118 Å². The van der Waals surface area contributed by atoms with Gasteiger partial charge in [0, 0.05) is 171 Å². The fourth-order valence-corrected chi connectivity index (χ4v) is 4.61. The van der Waals surface area contributed by atoms with Gasteiger partial charge in [-0.25, -0.2) is 0 Å². The molecule has 0 atom stereocenters. The maximum Gasteiger partial charge on any atom is 0.121 e. The average molecular weight is 1260 g/mol. The number of hydrogen-bond donors (Lipinski definition) is 0. The predicted octanol–water partition coefficient (Wildman–Crippen LogP) is 30.8. The SMILES string of the molecule is C=C([CH2+])C(=C)CC[CH2-].C=C([CH2+])C(=C)CC[CH2-].C=C([CH2+])CC(=C)CCC[CH2-].C=C([CH2+])CCCCC[CH2-].C=C([CH2+])CCCC[CH2-].C=C([CH2+])CCC[CH2-].C=C([CH2+])CCC[CH2-].C=C([CH2+])CCC[CH2-].C=C([CH2+])CC[CH2-].C=C([CH2+])[CH2-].C=C([CH2+])[CH2-].C=C([CH2+])[CH2-].[CH2+]CCC[CH2-].[CH2+]CCC[CH2-]. The van der Waals surface area contributed by atoms with Crippen molar-refractivity contribution < 1.29 is 0 Å². The fraction of sp³-hybridized carbons (Fsp3) is 0.370. The first-order chi connectivity index (χ1) is 42.7. The van der Waals surface area contributed by atoms with Crippen molar-refractivity contribution in [2.75, 3.05) is 0 Å². The van der Waals surface area contributed by atoms with Crippen LogP contribution in [0.4, 0.5) is 0 Å². The highest BCUT2D eigenvalue weighted by molar-refractivity contribution is 5.27. The van der Waals surface area contributed by atoms with E-state index in [0.717, 1.165) is 235 Å². The van der Waals surface area contributed by atoms with E-state index in [2.05, 4.69) is 293 Å². The second-order valence-corrected chi connectivity index (χ2v) is 21.6. The summed E-state index contributed by atoms with van der Waals surface area (Å²) in [6, 6.07) is 0. The maximum atomic E-state index is 3.90. The highest BCUT2D eigenvalue weighted by atomic mass is 14.0. The Labute approximate surface area is 591 Å². The molecule has 0 aromatic carbocycles. The van der Waals surface area contributed by atoms with Gasteiger partial charge in [0.1, 0.15) is 16.7 Å². The van der Waals surface area contributed by atoms with Gasteiger partial charge < -0.3 is 76.2 Å². The van der Waals surface area contributed by atoms with Crippen LogP contribution in [-0.4, -0.2) is 0 Å². The molecule has 0 aromatic heterocycles. The summed E-state index contributed by atoms with van der Waals surface area (Å²) in [5.41, 5.74) is 14.0. The maximum absolute atomic E-state index is 3.90. The zero-order valence-electron chi connectivity index (χ0n) is 61.9. The second kappa shape index (κ2) is 112. The van der Waals surface area contributed by atoms with E-state index >= 15 is 0 Å². The first kappa shape index (κ1) is 120. The average Bonchev–Trinajstić information content (AvgIpc) is 3.60. The van der Waals surface area contributed by atoms with Crippen LogP contribution >= 0.6 is 0 Å². The molecule has 0 rings (SSSR count). The van der Waals surface area contributed by atoms with Crippen LogP contribution in [0.1, 0.15) is 218 Å². The van der Waals surface area contributed by atoms with E-state index in [4.69, 9.17) is 0 Å². The van der Waals surface area contributed by atoms with Crippen LogP contribution in [0.15, 0.2) is 182 Å². The van der Waals surface area contributed by atoms with Crippen LogP contribution in [0, 0.1) is 194 Å². The van der Waals surface area contributed by atoms with Crippen LogP contribution in [-0.2, 0) is 0 Å². The molecule has 0 N–H and O–H groups in total. The van der Waals surface area contributed by atoms with Crippen molar-refractivity contribution in [2.24, 2.45) is 0 Å². The summed E-state index contributed by atoms with van der Waals surface area (Å²) in [5.74, 6) is 0. The van der Waals surface area contributed by atoms with Gasteiger partial charge in [-0.2, -0.15) is 70.6 Å². The van der Waals surface area contributed by atoms with E-state index in [1.807, 2.05) is 0 Å². The van der Waals surface area contributed by atoms with Gasteiger partial charge in [-0.05, 0) is 81.2 Å². The first-order valence-corrected chi connectivity index (χ1v) is 32.5. The van der Waals surface area contributed by atoms with Crippen molar-refractivity contribution in [3.63, 3.8) is 0 Å². The van der Waals surface area contributed by atoms with E-state index in [-0.39, 0.29) is 0 Å². The third kappa shape index (κ3) is 274. The van der Waals surface area contributed by atoms with E-state index in [1.54, 1.807) is 0 Å². The molecular formula is C92H154. The Balaban J connectivity index is -0.0000000598. The minimum Gasteiger partial charge on any atom is -0.343 e. The zero-order chi connectivity index (χ0) is 75.7. The van der Waals surface area contributed by atoms with Crippen molar-refractivity contribution in [2.45, 2.75) is 218 Å². The van der Waals surface area contributed by atoms with E-state index < -0.39 is 0 Å². The summed E-state index contributed by atoms with van der Waals surface area (Å²) >= 11 is 0. The smallest absolute Gasteiger partial charge is 0.121 e. The van der Waals surface area contributed by atoms with E-state index in [1.165, 1.54) is 50.5 Å². The molecule has 522 valence electrons. The molecule has 0 heterocycles. The van der Waals surface area contributed by atoms with Gasteiger partial charge in [-0.15, -0.1) is 0 Å². The number of hydrogen-bond acceptors (Lipinski definition) is 0. The molecule has 0 nitrogen and oxygen atoms in total. The molecule has 0 aromatic rings. The van der Waals surface area contributed by atoms with Crippen LogP contribution in [0.3, 0.4) is 0 Å². The molecule has 0 heteroatoms. The fourth-order valence-electron chi connectivity index (χ4n) is 4.61. The highest BCUT2D eigenvalue weighted by Gasteiger charge is 1.99. The van der Waals surface area contributed by atoms with Gasteiger partial charge in [0.25, 0.3) is 0 Å². The van der Waals surface area contributed by atoms with Gasteiger partial charge in [0.2, 0.25) is 0 Å². The van der Waals surface area contributed by atoms with Crippen LogP contribution < -0.4 is 0 Å². The second-order valence-electron chi connectivity index (χ2n) is 21.6. The zero-order valence-corrected chi connectivity index (χ0v) is 61.9. The minimum atomic E-state index is 0.667. The highest BCUT2D eigenvalue weighted by Crippen LogP contribution is 2.13. The van der Waals surface area contributed by atoms with Crippen molar-refractivity contribution in [3.05, 3.63) is 376 Å². The standard InChI is InChI=1S/C10H16.C9H16.2C8H12.C8H14.3C7H12.C6H10.2C5H10.3C4H6/c1-5-6-7-10(4)8-9(2)3;1-4-5-6-7-8-9(2)3;2*1-5-6-8(4)7(2)3;1-4-5-6-7-8(2)3;3*1-4-5-6-7(2)3;1-4-5-6(2)3;2*1-3-5-4-2;3*1-4(2)3/h1-8H2;1-8H2;2*1-6H2;1-7H2;3*1-6H2;1-5H2;2*1-5H2;3*1-3H2. The van der Waals surface area contributed by atoms with E-state index in [9.17, 15) is 0 Å². The topological polar surface area (TPSA) is 0 Å². The van der Waals surface area contributed by atoms with Gasteiger partial charge >= 0.3 is 0 Å². The minimum absolute atomic E-state index is 0.667. The Hall–Kier alpha value is -6.11. The third-order valence-corrected chi connectivity index (χ3v) is 9.42. The molecular weight excluding hydrogens is 1110 g/mol. The Kier molecular flexibility index (Phi) is 146. The lowest BCUT2D eigenvalue weighted by molar-refractivity contribution is 0.688. The molecule has 0 aliphatic carbocycles. The molecule has 92 heavy (non-hydrogen) atoms. The molecule has 0 bridgehead atoms. The largest absolute Gasteiger partial charge is 0.343 e. The summed E-state index contributed by atoms with van der Waals surface area (Å²) < 4.78 is 0. The van der Waals surface area contributed by atoms with Crippen LogP contribution in [0.5, 0.6) is 0 Å².